The molecule has 2 heterocycles. The van der Waals surface area contributed by atoms with E-state index in [4.69, 9.17) is 9.15 Å². The molecule has 0 bridgehead atoms. The van der Waals surface area contributed by atoms with Crippen molar-refractivity contribution in [3.8, 4) is 0 Å². The summed E-state index contributed by atoms with van der Waals surface area (Å²) in [5.74, 6) is -0.927. The third-order valence-electron chi connectivity index (χ3n) is 5.35. The van der Waals surface area contributed by atoms with E-state index in [1.807, 2.05) is 0 Å². The van der Waals surface area contributed by atoms with Crippen molar-refractivity contribution in [3.05, 3.63) is 89.4 Å². The highest BCUT2D eigenvalue weighted by molar-refractivity contribution is 7.90. The summed E-state index contributed by atoms with van der Waals surface area (Å²) in [5.41, 5.74) is 1.67. The van der Waals surface area contributed by atoms with E-state index in [0.717, 1.165) is 5.56 Å². The molecule has 0 aliphatic carbocycles. The van der Waals surface area contributed by atoms with E-state index >= 15 is 0 Å². The lowest BCUT2D eigenvalue weighted by atomic mass is 10.1. The number of hydrogen-bond acceptors (Lipinski definition) is 6. The first-order chi connectivity index (χ1) is 15.9. The maximum atomic E-state index is 12.6. The third-order valence-corrected chi connectivity index (χ3v) is 7.03. The van der Waals surface area contributed by atoms with Crippen LogP contribution in [-0.4, -0.2) is 51.4 Å². The van der Waals surface area contributed by atoms with E-state index in [-0.39, 0.29) is 28.9 Å². The lowest BCUT2D eigenvalue weighted by molar-refractivity contribution is 0.0303. The molecule has 3 aromatic rings. The van der Waals surface area contributed by atoms with Crippen molar-refractivity contribution in [2.45, 2.75) is 17.2 Å². The average molecular weight is 469 g/mol. The number of hydrogen-bond donors (Lipinski definition) is 1. The normalized spacial score (nSPS) is 14.1. The second-order valence-electron chi connectivity index (χ2n) is 7.63. The van der Waals surface area contributed by atoms with Gasteiger partial charge in [-0.2, -0.15) is 0 Å². The Balaban J connectivity index is 1.37. The molecule has 172 valence electrons. The predicted octanol–water partition coefficient (Wildman–Crippen LogP) is 2.66. The molecular formula is C24H24N2O6S. The largest absolute Gasteiger partial charge is 0.459 e. The number of sulfone groups is 1. The van der Waals surface area contributed by atoms with Crippen molar-refractivity contribution < 1.29 is 27.2 Å². The number of carbonyl (C=O) groups excluding carboxylic acids is 2. The second-order valence-corrected chi connectivity index (χ2v) is 9.62. The van der Waals surface area contributed by atoms with Crippen LogP contribution in [0.3, 0.4) is 0 Å². The zero-order valence-corrected chi connectivity index (χ0v) is 18.7. The number of amides is 2. The highest BCUT2D eigenvalue weighted by atomic mass is 32.2. The highest BCUT2D eigenvalue weighted by Crippen LogP contribution is 2.20. The first kappa shape index (κ1) is 22.8. The van der Waals surface area contributed by atoms with Crippen LogP contribution in [0.1, 0.15) is 32.0 Å². The van der Waals surface area contributed by atoms with Gasteiger partial charge in [-0.3, -0.25) is 9.59 Å². The summed E-state index contributed by atoms with van der Waals surface area (Å²) in [6.07, 6.45) is 1.30. The molecule has 0 radical (unpaired) electrons. The zero-order valence-electron chi connectivity index (χ0n) is 17.9. The van der Waals surface area contributed by atoms with E-state index in [1.54, 1.807) is 47.4 Å². The van der Waals surface area contributed by atoms with E-state index < -0.39 is 15.7 Å². The molecule has 0 atom stereocenters. The third kappa shape index (κ3) is 5.50. The summed E-state index contributed by atoms with van der Waals surface area (Å²) in [6.45, 7) is 2.43. The van der Waals surface area contributed by atoms with Gasteiger partial charge in [0.1, 0.15) is 0 Å². The monoisotopic (exact) mass is 468 g/mol. The molecule has 0 saturated carbocycles. The van der Waals surface area contributed by atoms with Crippen LogP contribution < -0.4 is 5.32 Å². The first-order valence-electron chi connectivity index (χ1n) is 10.5. The van der Waals surface area contributed by atoms with Gasteiger partial charge in [-0.1, -0.05) is 30.3 Å². The number of nitrogens with zero attached hydrogens (tertiary/aromatic N) is 1. The van der Waals surface area contributed by atoms with Gasteiger partial charge < -0.3 is 19.4 Å². The smallest absolute Gasteiger partial charge is 0.287 e. The molecule has 9 heteroatoms. The van der Waals surface area contributed by atoms with Crippen LogP contribution in [0.25, 0.3) is 0 Å². The minimum Gasteiger partial charge on any atom is -0.459 e. The summed E-state index contributed by atoms with van der Waals surface area (Å²) in [4.78, 5) is 27.1. The van der Waals surface area contributed by atoms with Crippen LogP contribution in [0.15, 0.2) is 76.2 Å². The van der Waals surface area contributed by atoms with Gasteiger partial charge in [0, 0.05) is 30.8 Å². The van der Waals surface area contributed by atoms with Gasteiger partial charge in [0.15, 0.2) is 15.6 Å². The minimum atomic E-state index is -3.61. The summed E-state index contributed by atoms with van der Waals surface area (Å²) in [7, 11) is -3.61. The Hall–Kier alpha value is -3.43. The van der Waals surface area contributed by atoms with Crippen molar-refractivity contribution in [2.24, 2.45) is 0 Å². The molecule has 1 fully saturated rings. The Bertz CT molecular complexity index is 1210. The van der Waals surface area contributed by atoms with Gasteiger partial charge in [0.25, 0.3) is 11.8 Å². The molecule has 33 heavy (non-hydrogen) atoms. The van der Waals surface area contributed by atoms with Crippen LogP contribution in [0, 0.1) is 0 Å². The lowest BCUT2D eigenvalue weighted by Crippen LogP contribution is -2.40. The second kappa shape index (κ2) is 10.0. The zero-order chi connectivity index (χ0) is 23.3. The molecule has 1 N–H and O–H groups in total. The fraction of sp³-hybridized carbons (Fsp3) is 0.250. The summed E-state index contributed by atoms with van der Waals surface area (Å²) < 4.78 is 35.8. The van der Waals surface area contributed by atoms with Gasteiger partial charge in [-0.05, 0) is 35.9 Å². The topological polar surface area (TPSA) is 106 Å². The summed E-state index contributed by atoms with van der Waals surface area (Å²) in [5, 5.41) is 2.74. The van der Waals surface area contributed by atoms with Crippen LogP contribution in [0.5, 0.6) is 0 Å². The standard InChI is InChI=1S/C24H24N2O6S/c27-23(22-20(10-13-32-22)17-33(29,30)21-4-2-1-3-5-21)25-16-18-6-8-19(9-7-18)24(28)26-11-14-31-15-12-26/h1-10,13H,11-12,14-17H2,(H,25,27). The van der Waals surface area contributed by atoms with Crippen molar-refractivity contribution in [2.75, 3.05) is 26.3 Å². The van der Waals surface area contributed by atoms with Crippen molar-refractivity contribution in [1.29, 1.82) is 0 Å². The van der Waals surface area contributed by atoms with Crippen molar-refractivity contribution in [1.82, 2.24) is 10.2 Å². The first-order valence-corrected chi connectivity index (χ1v) is 12.2. The van der Waals surface area contributed by atoms with E-state index in [0.29, 0.717) is 37.4 Å². The number of ether oxygens (including phenoxy) is 1. The maximum absolute atomic E-state index is 12.6. The Morgan fingerprint density at radius 3 is 2.33 bits per heavy atom. The number of carbonyl (C=O) groups is 2. The number of furan rings is 1. The molecule has 4 rings (SSSR count). The molecule has 1 saturated heterocycles. The number of rotatable bonds is 7. The van der Waals surface area contributed by atoms with Crippen LogP contribution >= 0.6 is 0 Å². The number of nitrogens with one attached hydrogen (secondary N) is 1. The molecule has 0 spiro atoms. The quantitative estimate of drug-likeness (QED) is 0.572. The molecule has 1 aromatic heterocycles. The SMILES string of the molecule is O=C(NCc1ccc(C(=O)N2CCOCC2)cc1)c1occc1CS(=O)(=O)c1ccccc1. The predicted molar refractivity (Wildman–Crippen MR) is 120 cm³/mol. The highest BCUT2D eigenvalue weighted by Gasteiger charge is 2.22. The van der Waals surface area contributed by atoms with Crippen molar-refractivity contribution >= 4 is 21.7 Å². The molecule has 2 amide bonds. The molecule has 2 aromatic carbocycles. The van der Waals surface area contributed by atoms with E-state index in [9.17, 15) is 18.0 Å². The van der Waals surface area contributed by atoms with Gasteiger partial charge in [0.05, 0.1) is 30.1 Å². The fourth-order valence-electron chi connectivity index (χ4n) is 3.54. The minimum absolute atomic E-state index is 0.0337. The average Bonchev–Trinajstić information content (AvgIpc) is 3.31. The van der Waals surface area contributed by atoms with Crippen molar-refractivity contribution in [3.63, 3.8) is 0 Å². The Labute approximate surface area is 192 Å². The Kier molecular flexibility index (Phi) is 6.90. The van der Waals surface area contributed by atoms with Gasteiger partial charge in [-0.25, -0.2) is 8.42 Å². The van der Waals surface area contributed by atoms with Crippen LogP contribution in [0.4, 0.5) is 0 Å². The fourth-order valence-corrected chi connectivity index (χ4v) is 4.92. The number of morpholine rings is 1. The Morgan fingerprint density at radius 1 is 0.939 bits per heavy atom. The van der Waals surface area contributed by atoms with Gasteiger partial charge >= 0.3 is 0 Å². The Morgan fingerprint density at radius 2 is 1.64 bits per heavy atom. The lowest BCUT2D eigenvalue weighted by Gasteiger charge is -2.26. The maximum Gasteiger partial charge on any atom is 0.287 e. The van der Waals surface area contributed by atoms with Crippen LogP contribution in [0.2, 0.25) is 0 Å². The summed E-state index contributed by atoms with van der Waals surface area (Å²) in [6, 6.07) is 16.6. The molecular weight excluding hydrogens is 444 g/mol. The van der Waals surface area contributed by atoms with Crippen LogP contribution in [-0.2, 0) is 26.9 Å². The number of benzene rings is 2. The summed E-state index contributed by atoms with van der Waals surface area (Å²) >= 11 is 0. The van der Waals surface area contributed by atoms with E-state index in [2.05, 4.69) is 5.32 Å². The molecule has 8 nitrogen and oxygen atoms in total. The van der Waals surface area contributed by atoms with Gasteiger partial charge in [-0.15, -0.1) is 0 Å². The van der Waals surface area contributed by atoms with Gasteiger partial charge in [0.2, 0.25) is 0 Å². The molecule has 1 aliphatic rings. The van der Waals surface area contributed by atoms with E-state index in [1.165, 1.54) is 24.5 Å². The molecule has 1 aliphatic heterocycles. The molecule has 0 unspecified atom stereocenters.